The number of nitrogens with zero attached hydrogens (tertiary/aromatic N) is 2. The van der Waals surface area contributed by atoms with Gasteiger partial charge in [0.15, 0.2) is 4.77 Å². The Morgan fingerprint density at radius 3 is 2.77 bits per heavy atom. The van der Waals surface area contributed by atoms with Gasteiger partial charge in [-0.25, -0.2) is 9.78 Å². The highest BCUT2D eigenvalue weighted by Crippen LogP contribution is 2.07. The van der Waals surface area contributed by atoms with Crippen LogP contribution in [-0.2, 0) is 0 Å². The second-order valence-corrected chi connectivity index (χ2v) is 3.04. The molecule has 0 fully saturated rings. The van der Waals surface area contributed by atoms with E-state index < -0.39 is 5.97 Å². The van der Waals surface area contributed by atoms with Crippen LogP contribution in [0, 0.1) is 4.77 Å². The number of carboxylic acid groups (broad SMARTS) is 1. The van der Waals surface area contributed by atoms with E-state index in [0.29, 0.717) is 5.82 Å². The molecule has 1 heterocycles. The van der Waals surface area contributed by atoms with Gasteiger partial charge in [-0.2, -0.15) is 0 Å². The second-order valence-electron chi connectivity index (χ2n) is 2.66. The third kappa shape index (κ3) is 2.25. The van der Waals surface area contributed by atoms with E-state index >= 15 is 0 Å². The van der Waals surface area contributed by atoms with Crippen LogP contribution in [0.5, 0.6) is 0 Å². The summed E-state index contributed by atoms with van der Waals surface area (Å²) >= 11 is 4.77. The molecule has 0 bridgehead atoms. The fourth-order valence-corrected chi connectivity index (χ4v) is 0.992. The van der Waals surface area contributed by atoms with E-state index in [4.69, 9.17) is 17.3 Å². The van der Waals surface area contributed by atoms with E-state index in [1.165, 1.54) is 6.07 Å². The van der Waals surface area contributed by atoms with Crippen LogP contribution in [-0.4, -0.2) is 35.1 Å². The first-order valence-corrected chi connectivity index (χ1v) is 3.93. The van der Waals surface area contributed by atoms with Gasteiger partial charge < -0.3 is 15.0 Å². The van der Waals surface area contributed by atoms with Gasteiger partial charge in [0.25, 0.3) is 0 Å². The number of carbonyl (C=O) groups is 1. The predicted molar refractivity (Wildman–Crippen MR) is 50.7 cm³/mol. The summed E-state index contributed by atoms with van der Waals surface area (Å²) in [6.45, 7) is 0. The molecule has 0 atom stereocenters. The summed E-state index contributed by atoms with van der Waals surface area (Å²) in [5.41, 5.74) is 0.0451. The minimum atomic E-state index is -1.04. The van der Waals surface area contributed by atoms with Crippen LogP contribution in [0.3, 0.4) is 0 Å². The Morgan fingerprint density at radius 2 is 2.31 bits per heavy atom. The van der Waals surface area contributed by atoms with E-state index in [-0.39, 0.29) is 10.5 Å². The van der Waals surface area contributed by atoms with Crippen LogP contribution in [0.25, 0.3) is 0 Å². The average Bonchev–Trinajstić information content (AvgIpc) is 2.03. The number of hydrogen-bond acceptors (Lipinski definition) is 4. The quantitative estimate of drug-likeness (QED) is 0.693. The standard InChI is InChI=1S/C7H9N3O2S/c1-10(2)5-3-4(6(11)12)8-7(13)9-5/h3H,1-2H3,(H,11,12)(H,8,9,13). The summed E-state index contributed by atoms with van der Waals surface area (Å²) in [7, 11) is 3.53. The summed E-state index contributed by atoms with van der Waals surface area (Å²) in [6, 6.07) is 1.43. The highest BCUT2D eigenvalue weighted by Gasteiger charge is 2.06. The number of aromatic carboxylic acids is 1. The van der Waals surface area contributed by atoms with Gasteiger partial charge in [-0.3, -0.25) is 0 Å². The maximum atomic E-state index is 10.6. The molecule has 0 aliphatic rings. The molecular weight excluding hydrogens is 190 g/mol. The van der Waals surface area contributed by atoms with E-state index in [2.05, 4.69) is 9.97 Å². The molecule has 1 aromatic rings. The van der Waals surface area contributed by atoms with Gasteiger partial charge in [-0.1, -0.05) is 0 Å². The number of H-pyrrole nitrogens is 1. The Morgan fingerprint density at radius 1 is 1.69 bits per heavy atom. The molecule has 6 heteroatoms. The molecule has 0 amide bonds. The van der Waals surface area contributed by atoms with Crippen molar-refractivity contribution in [1.82, 2.24) is 9.97 Å². The Kier molecular flexibility index (Phi) is 2.62. The lowest BCUT2D eigenvalue weighted by Crippen LogP contribution is -2.13. The Labute approximate surface area is 80.0 Å². The van der Waals surface area contributed by atoms with E-state index in [1.54, 1.807) is 19.0 Å². The van der Waals surface area contributed by atoms with Gasteiger partial charge in [-0.15, -0.1) is 0 Å². The van der Waals surface area contributed by atoms with Gasteiger partial charge in [0.2, 0.25) is 0 Å². The minimum absolute atomic E-state index is 0.0451. The molecule has 0 unspecified atom stereocenters. The fourth-order valence-electron chi connectivity index (χ4n) is 0.789. The maximum absolute atomic E-state index is 10.6. The number of nitrogens with one attached hydrogen (secondary N) is 1. The Bertz CT molecular complexity index is 386. The SMILES string of the molecule is CN(C)c1cc(C(=O)O)[nH]c(=S)n1. The zero-order valence-corrected chi connectivity index (χ0v) is 8.05. The average molecular weight is 199 g/mol. The number of carboxylic acids is 1. The van der Waals surface area contributed by atoms with Crippen LogP contribution in [0.15, 0.2) is 6.07 Å². The van der Waals surface area contributed by atoms with Crippen LogP contribution < -0.4 is 4.90 Å². The van der Waals surface area contributed by atoms with Crippen LogP contribution in [0.4, 0.5) is 5.82 Å². The van der Waals surface area contributed by atoms with Crippen molar-refractivity contribution in [2.24, 2.45) is 0 Å². The van der Waals surface area contributed by atoms with Crippen molar-refractivity contribution in [2.45, 2.75) is 0 Å². The first kappa shape index (κ1) is 9.66. The zero-order valence-electron chi connectivity index (χ0n) is 7.24. The van der Waals surface area contributed by atoms with Crippen molar-refractivity contribution in [1.29, 1.82) is 0 Å². The highest BCUT2D eigenvalue weighted by atomic mass is 32.1. The smallest absolute Gasteiger partial charge is 0.352 e. The first-order chi connectivity index (χ1) is 6.00. The fraction of sp³-hybridized carbons (Fsp3) is 0.286. The van der Waals surface area contributed by atoms with Crippen molar-refractivity contribution in [3.8, 4) is 0 Å². The summed E-state index contributed by atoms with van der Waals surface area (Å²) in [6.07, 6.45) is 0. The Balaban J connectivity index is 3.27. The van der Waals surface area contributed by atoms with Gasteiger partial charge in [0, 0.05) is 20.2 Å². The molecule has 0 radical (unpaired) electrons. The summed E-state index contributed by atoms with van der Waals surface area (Å²) in [4.78, 5) is 18.7. The molecule has 0 aliphatic heterocycles. The lowest BCUT2D eigenvalue weighted by Gasteiger charge is -2.10. The second kappa shape index (κ2) is 3.53. The molecule has 1 rings (SSSR count). The molecular formula is C7H9N3O2S. The van der Waals surface area contributed by atoms with Gasteiger partial charge in [-0.05, 0) is 12.2 Å². The van der Waals surface area contributed by atoms with Crippen LogP contribution >= 0.6 is 12.2 Å². The summed E-state index contributed by atoms with van der Waals surface area (Å²) < 4.78 is 0.170. The number of rotatable bonds is 2. The number of hydrogen-bond donors (Lipinski definition) is 2. The van der Waals surface area contributed by atoms with Crippen molar-refractivity contribution < 1.29 is 9.90 Å². The summed E-state index contributed by atoms with van der Waals surface area (Å²) in [5, 5.41) is 8.69. The number of anilines is 1. The predicted octanol–water partition coefficient (Wildman–Crippen LogP) is 0.903. The Hall–Kier alpha value is -1.43. The largest absolute Gasteiger partial charge is 0.477 e. The molecule has 0 saturated carbocycles. The highest BCUT2D eigenvalue weighted by molar-refractivity contribution is 7.71. The molecule has 70 valence electrons. The molecule has 5 nitrogen and oxygen atoms in total. The third-order valence-electron chi connectivity index (χ3n) is 1.42. The topological polar surface area (TPSA) is 69.2 Å². The number of aromatic nitrogens is 2. The lowest BCUT2D eigenvalue weighted by atomic mass is 10.4. The van der Waals surface area contributed by atoms with E-state index in [1.807, 2.05) is 0 Å². The lowest BCUT2D eigenvalue weighted by molar-refractivity contribution is 0.0690. The summed E-state index contributed by atoms with van der Waals surface area (Å²) in [5.74, 6) is -0.516. The van der Waals surface area contributed by atoms with Gasteiger partial charge in [0.1, 0.15) is 11.5 Å². The van der Waals surface area contributed by atoms with Gasteiger partial charge >= 0.3 is 5.97 Å². The van der Waals surface area contributed by atoms with Crippen LogP contribution in [0.1, 0.15) is 10.5 Å². The van der Waals surface area contributed by atoms with Crippen LogP contribution in [0.2, 0.25) is 0 Å². The van der Waals surface area contributed by atoms with Crippen molar-refractivity contribution in [3.05, 3.63) is 16.5 Å². The van der Waals surface area contributed by atoms with Crippen molar-refractivity contribution in [2.75, 3.05) is 19.0 Å². The van der Waals surface area contributed by atoms with E-state index in [0.717, 1.165) is 0 Å². The normalized spacial score (nSPS) is 9.69. The first-order valence-electron chi connectivity index (χ1n) is 3.52. The maximum Gasteiger partial charge on any atom is 0.352 e. The number of aromatic amines is 1. The zero-order chi connectivity index (χ0) is 10.0. The minimum Gasteiger partial charge on any atom is -0.477 e. The van der Waals surface area contributed by atoms with Crippen molar-refractivity contribution in [3.63, 3.8) is 0 Å². The molecule has 0 saturated heterocycles. The van der Waals surface area contributed by atoms with Crippen molar-refractivity contribution >= 4 is 24.0 Å². The molecule has 0 aromatic carbocycles. The monoisotopic (exact) mass is 199 g/mol. The molecule has 0 aliphatic carbocycles. The third-order valence-corrected chi connectivity index (χ3v) is 1.61. The molecule has 13 heavy (non-hydrogen) atoms. The van der Waals surface area contributed by atoms with E-state index in [9.17, 15) is 4.79 Å². The molecule has 0 spiro atoms. The molecule has 1 aromatic heterocycles. The molecule has 2 N–H and O–H groups in total. The van der Waals surface area contributed by atoms with Gasteiger partial charge in [0.05, 0.1) is 0 Å².